The van der Waals surface area contributed by atoms with Gasteiger partial charge in [-0.1, -0.05) is 0 Å². The number of fused-ring (bicyclic) bond motifs is 2. The number of benzene rings is 1. The van der Waals surface area contributed by atoms with E-state index in [1.807, 2.05) is 17.7 Å². The van der Waals surface area contributed by atoms with E-state index >= 15 is 0 Å². The van der Waals surface area contributed by atoms with Gasteiger partial charge in [-0.2, -0.15) is 13.2 Å². The van der Waals surface area contributed by atoms with Crippen LogP contribution < -0.4 is 4.74 Å². The number of hydrogen-bond donors (Lipinski definition) is 0. The molecule has 2 aromatic heterocycles. The molecule has 0 aliphatic carbocycles. The summed E-state index contributed by atoms with van der Waals surface area (Å²) in [5.74, 6) is -0.549. The molecule has 1 amide bonds. The maximum absolute atomic E-state index is 13.0. The lowest BCUT2D eigenvalue weighted by molar-refractivity contribution is -0.147. The molecule has 0 N–H and O–H groups in total. The number of methoxy groups -OCH3 is 1. The van der Waals surface area contributed by atoms with E-state index < -0.39 is 12.0 Å². The standard InChI is InChI=1S/C17H16F3N5O2/c1-23-8-12(11-7-10(27-2)3-4-13(11)23)15(26)24-5-6-25-14(9-24)21-22-16(25)17(18,19)20/h3-4,7-8H,5-6,9H2,1-2H3. The summed E-state index contributed by atoms with van der Waals surface area (Å²) in [7, 11) is 3.37. The number of aryl methyl sites for hydroxylation is 1. The molecule has 1 aliphatic rings. The number of nitrogens with zero attached hydrogens (tertiary/aromatic N) is 5. The van der Waals surface area contributed by atoms with Crippen LogP contribution in [0.3, 0.4) is 0 Å². The average molecular weight is 379 g/mol. The summed E-state index contributed by atoms with van der Waals surface area (Å²) >= 11 is 0. The molecule has 27 heavy (non-hydrogen) atoms. The maximum atomic E-state index is 13.0. The minimum atomic E-state index is -4.57. The summed E-state index contributed by atoms with van der Waals surface area (Å²) in [6.07, 6.45) is -2.85. The molecule has 0 bridgehead atoms. The summed E-state index contributed by atoms with van der Waals surface area (Å²) in [6.45, 7) is 0.118. The lowest BCUT2D eigenvalue weighted by Crippen LogP contribution is -2.39. The Bertz CT molecular complexity index is 1040. The fourth-order valence-electron chi connectivity index (χ4n) is 3.38. The van der Waals surface area contributed by atoms with Crippen LogP contribution in [0.4, 0.5) is 13.2 Å². The van der Waals surface area contributed by atoms with Gasteiger partial charge in [-0.3, -0.25) is 4.79 Å². The van der Waals surface area contributed by atoms with Crippen molar-refractivity contribution in [2.45, 2.75) is 19.3 Å². The van der Waals surface area contributed by atoms with Crippen molar-refractivity contribution in [1.29, 1.82) is 0 Å². The molecular weight excluding hydrogens is 363 g/mol. The van der Waals surface area contributed by atoms with Crippen molar-refractivity contribution in [2.24, 2.45) is 7.05 Å². The molecule has 0 saturated heterocycles. The SMILES string of the molecule is COc1ccc2c(c1)c(C(=O)N1CCn3c(nnc3C(F)(F)F)C1)cn2C. The summed E-state index contributed by atoms with van der Waals surface area (Å²) in [5.41, 5.74) is 1.33. The van der Waals surface area contributed by atoms with Crippen molar-refractivity contribution in [2.75, 3.05) is 13.7 Å². The van der Waals surface area contributed by atoms with Crippen LogP contribution in [-0.2, 0) is 26.3 Å². The summed E-state index contributed by atoms with van der Waals surface area (Å²) in [5, 5.41) is 7.59. The number of halogens is 3. The number of amides is 1. The third-order valence-electron chi connectivity index (χ3n) is 4.72. The van der Waals surface area contributed by atoms with Gasteiger partial charge in [0, 0.05) is 37.2 Å². The molecular formula is C17H16F3N5O2. The molecule has 142 valence electrons. The van der Waals surface area contributed by atoms with E-state index in [-0.39, 0.29) is 31.4 Å². The van der Waals surface area contributed by atoms with Crippen LogP contribution >= 0.6 is 0 Å². The van der Waals surface area contributed by atoms with Gasteiger partial charge in [-0.05, 0) is 18.2 Å². The van der Waals surface area contributed by atoms with Gasteiger partial charge in [-0.15, -0.1) is 10.2 Å². The predicted molar refractivity (Wildman–Crippen MR) is 89.2 cm³/mol. The fourth-order valence-corrected chi connectivity index (χ4v) is 3.38. The number of alkyl halides is 3. The second kappa shape index (κ2) is 6.00. The van der Waals surface area contributed by atoms with Crippen molar-refractivity contribution in [1.82, 2.24) is 24.2 Å². The van der Waals surface area contributed by atoms with Gasteiger partial charge in [0.15, 0.2) is 5.82 Å². The first-order chi connectivity index (χ1) is 12.8. The molecule has 0 fully saturated rings. The summed E-state index contributed by atoms with van der Waals surface area (Å²) in [6, 6.07) is 5.43. The highest BCUT2D eigenvalue weighted by atomic mass is 19.4. The molecule has 0 atom stereocenters. The molecule has 3 heterocycles. The van der Waals surface area contributed by atoms with E-state index in [2.05, 4.69) is 10.2 Å². The molecule has 1 aromatic carbocycles. The van der Waals surface area contributed by atoms with Crippen LogP contribution in [0.25, 0.3) is 10.9 Å². The predicted octanol–water partition coefficient (Wildman–Crippen LogP) is 2.45. The lowest BCUT2D eigenvalue weighted by Gasteiger charge is -2.28. The van der Waals surface area contributed by atoms with E-state index in [1.165, 1.54) is 4.90 Å². The van der Waals surface area contributed by atoms with Gasteiger partial charge >= 0.3 is 6.18 Å². The second-order valence-electron chi connectivity index (χ2n) is 6.35. The van der Waals surface area contributed by atoms with E-state index in [1.54, 1.807) is 25.4 Å². The van der Waals surface area contributed by atoms with Gasteiger partial charge in [-0.25, -0.2) is 0 Å². The number of ether oxygens (including phenoxy) is 1. The Balaban J connectivity index is 1.67. The van der Waals surface area contributed by atoms with Crippen LogP contribution in [0.2, 0.25) is 0 Å². The highest BCUT2D eigenvalue weighted by molar-refractivity contribution is 6.07. The number of aromatic nitrogens is 4. The van der Waals surface area contributed by atoms with Crippen molar-refractivity contribution in [3.63, 3.8) is 0 Å². The van der Waals surface area contributed by atoms with Gasteiger partial charge in [0.05, 0.1) is 19.2 Å². The minimum absolute atomic E-state index is 0.00297. The van der Waals surface area contributed by atoms with Crippen molar-refractivity contribution in [3.05, 3.63) is 41.6 Å². The Kier molecular flexibility index (Phi) is 3.86. The average Bonchev–Trinajstić information content (AvgIpc) is 3.21. The number of hydrogen-bond acceptors (Lipinski definition) is 4. The first-order valence-corrected chi connectivity index (χ1v) is 8.21. The van der Waals surface area contributed by atoms with E-state index in [9.17, 15) is 18.0 Å². The molecule has 4 rings (SSSR count). The fraction of sp³-hybridized carbons (Fsp3) is 0.353. The highest BCUT2D eigenvalue weighted by Gasteiger charge is 2.40. The van der Waals surface area contributed by atoms with Gasteiger partial charge < -0.3 is 18.8 Å². The number of rotatable bonds is 2. The highest BCUT2D eigenvalue weighted by Crippen LogP contribution is 2.31. The summed E-state index contributed by atoms with van der Waals surface area (Å²) < 4.78 is 47.0. The minimum Gasteiger partial charge on any atom is -0.497 e. The van der Waals surface area contributed by atoms with E-state index in [0.29, 0.717) is 11.3 Å². The van der Waals surface area contributed by atoms with Crippen molar-refractivity contribution in [3.8, 4) is 5.75 Å². The Hall–Kier alpha value is -3.04. The first kappa shape index (κ1) is 17.4. The molecule has 0 unspecified atom stereocenters. The van der Waals surface area contributed by atoms with Gasteiger partial charge in [0.2, 0.25) is 5.82 Å². The van der Waals surface area contributed by atoms with Crippen molar-refractivity contribution >= 4 is 16.8 Å². The molecule has 0 saturated carbocycles. The Labute approximate surface area is 151 Å². The molecule has 0 spiro atoms. The zero-order chi connectivity index (χ0) is 19.3. The normalized spacial score (nSPS) is 14.5. The third kappa shape index (κ3) is 2.81. The Morgan fingerprint density at radius 3 is 2.70 bits per heavy atom. The molecule has 0 radical (unpaired) electrons. The Morgan fingerprint density at radius 1 is 1.22 bits per heavy atom. The second-order valence-corrected chi connectivity index (χ2v) is 6.35. The number of carbonyl (C=O) groups excluding carboxylic acids is 1. The molecule has 3 aromatic rings. The van der Waals surface area contributed by atoms with Crippen LogP contribution in [0, 0.1) is 0 Å². The van der Waals surface area contributed by atoms with Crippen LogP contribution in [0.15, 0.2) is 24.4 Å². The Morgan fingerprint density at radius 2 is 2.00 bits per heavy atom. The van der Waals surface area contributed by atoms with E-state index in [0.717, 1.165) is 15.5 Å². The molecule has 7 nitrogen and oxygen atoms in total. The molecule has 10 heteroatoms. The first-order valence-electron chi connectivity index (χ1n) is 8.21. The van der Waals surface area contributed by atoms with Crippen LogP contribution in [-0.4, -0.2) is 43.8 Å². The van der Waals surface area contributed by atoms with Gasteiger partial charge in [0.1, 0.15) is 5.75 Å². The maximum Gasteiger partial charge on any atom is 0.451 e. The number of carbonyl (C=O) groups is 1. The van der Waals surface area contributed by atoms with Crippen LogP contribution in [0.5, 0.6) is 5.75 Å². The smallest absolute Gasteiger partial charge is 0.451 e. The zero-order valence-corrected chi connectivity index (χ0v) is 14.6. The largest absolute Gasteiger partial charge is 0.497 e. The lowest BCUT2D eigenvalue weighted by atomic mass is 10.1. The van der Waals surface area contributed by atoms with Crippen LogP contribution in [0.1, 0.15) is 22.0 Å². The van der Waals surface area contributed by atoms with Crippen molar-refractivity contribution < 1.29 is 22.7 Å². The zero-order valence-electron chi connectivity index (χ0n) is 14.6. The third-order valence-corrected chi connectivity index (χ3v) is 4.72. The topological polar surface area (TPSA) is 65.2 Å². The van der Waals surface area contributed by atoms with E-state index in [4.69, 9.17) is 4.74 Å². The summed E-state index contributed by atoms with van der Waals surface area (Å²) in [4.78, 5) is 14.5. The molecule has 1 aliphatic heterocycles. The quantitative estimate of drug-likeness (QED) is 0.686. The van der Waals surface area contributed by atoms with Gasteiger partial charge in [0.25, 0.3) is 5.91 Å². The monoisotopic (exact) mass is 379 g/mol.